The van der Waals surface area contributed by atoms with Crippen molar-refractivity contribution in [1.29, 1.82) is 0 Å². The minimum Gasteiger partial charge on any atom is -0.382 e. The van der Waals surface area contributed by atoms with E-state index in [-0.39, 0.29) is 6.10 Å². The maximum atomic E-state index is 5.77. The summed E-state index contributed by atoms with van der Waals surface area (Å²) in [6.07, 6.45) is 3.34. The van der Waals surface area contributed by atoms with Crippen molar-refractivity contribution in [1.82, 2.24) is 0 Å². The fourth-order valence-electron chi connectivity index (χ4n) is 1.12. The van der Waals surface area contributed by atoms with Crippen LogP contribution in [0.3, 0.4) is 0 Å². The minimum atomic E-state index is 0.197. The van der Waals surface area contributed by atoms with Gasteiger partial charge in [0.15, 0.2) is 0 Å². The lowest BCUT2D eigenvalue weighted by Gasteiger charge is -2.13. The predicted molar refractivity (Wildman–Crippen MR) is 54.8 cm³/mol. The van der Waals surface area contributed by atoms with Gasteiger partial charge < -0.3 is 15.2 Å². The zero-order valence-corrected chi connectivity index (χ0v) is 9.08. The monoisotopic (exact) mass is 189 g/mol. The number of ether oxygens (including phenoxy) is 2. The van der Waals surface area contributed by atoms with Gasteiger partial charge in [-0.3, -0.25) is 0 Å². The van der Waals surface area contributed by atoms with E-state index in [1.807, 2.05) is 6.92 Å². The number of nitrogens with two attached hydrogens (primary N) is 1. The zero-order valence-electron chi connectivity index (χ0n) is 9.08. The Bertz CT molecular complexity index is 109. The summed E-state index contributed by atoms with van der Waals surface area (Å²) in [5.74, 6) is 0. The summed E-state index contributed by atoms with van der Waals surface area (Å²) < 4.78 is 10.4. The smallest absolute Gasteiger partial charge is 0.0780 e. The highest BCUT2D eigenvalue weighted by atomic mass is 16.5. The van der Waals surface area contributed by atoms with Gasteiger partial charge in [0.1, 0.15) is 0 Å². The van der Waals surface area contributed by atoms with Gasteiger partial charge in [0, 0.05) is 19.8 Å². The van der Waals surface area contributed by atoms with E-state index >= 15 is 0 Å². The first kappa shape index (κ1) is 12.9. The molecule has 0 aliphatic rings. The van der Waals surface area contributed by atoms with Crippen LogP contribution in [0.15, 0.2) is 0 Å². The van der Waals surface area contributed by atoms with Gasteiger partial charge in [-0.25, -0.2) is 0 Å². The summed E-state index contributed by atoms with van der Waals surface area (Å²) in [4.78, 5) is 0. The van der Waals surface area contributed by atoms with Gasteiger partial charge in [-0.1, -0.05) is 6.92 Å². The molecule has 0 saturated carbocycles. The Morgan fingerprint density at radius 1 is 1.38 bits per heavy atom. The number of methoxy groups -OCH3 is 1. The molecular weight excluding hydrogens is 166 g/mol. The van der Waals surface area contributed by atoms with Gasteiger partial charge in [-0.05, 0) is 26.2 Å². The Labute approximate surface area is 81.6 Å². The molecule has 2 N–H and O–H groups in total. The van der Waals surface area contributed by atoms with Crippen molar-refractivity contribution >= 4 is 0 Å². The molecule has 2 atom stereocenters. The molecule has 0 amide bonds. The molecular formula is C10H23NO2. The molecule has 0 rings (SSSR count). The summed E-state index contributed by atoms with van der Waals surface area (Å²) >= 11 is 0. The molecule has 0 bridgehead atoms. The third-order valence-electron chi connectivity index (χ3n) is 2.05. The molecule has 0 heterocycles. The van der Waals surface area contributed by atoms with Crippen LogP contribution in [0.1, 0.15) is 33.1 Å². The highest BCUT2D eigenvalue weighted by Gasteiger charge is 2.02. The molecule has 80 valence electrons. The van der Waals surface area contributed by atoms with Crippen LogP contribution in [0.2, 0.25) is 0 Å². The highest BCUT2D eigenvalue weighted by molar-refractivity contribution is 4.57. The molecule has 3 heteroatoms. The van der Waals surface area contributed by atoms with E-state index in [9.17, 15) is 0 Å². The Kier molecular flexibility index (Phi) is 8.40. The molecule has 0 aliphatic carbocycles. The summed E-state index contributed by atoms with van der Waals surface area (Å²) in [6, 6.07) is 0.335. The van der Waals surface area contributed by atoms with Gasteiger partial charge in [-0.2, -0.15) is 0 Å². The summed E-state index contributed by atoms with van der Waals surface area (Å²) in [6.45, 7) is 5.58. The molecule has 0 aromatic carbocycles. The fourth-order valence-corrected chi connectivity index (χ4v) is 1.12. The fraction of sp³-hybridized carbons (Fsp3) is 1.00. The van der Waals surface area contributed by atoms with Crippen LogP contribution in [0.25, 0.3) is 0 Å². The molecule has 13 heavy (non-hydrogen) atoms. The van der Waals surface area contributed by atoms with Crippen molar-refractivity contribution in [3.63, 3.8) is 0 Å². The van der Waals surface area contributed by atoms with Crippen LogP contribution in [-0.2, 0) is 9.47 Å². The molecule has 0 spiro atoms. The zero-order chi connectivity index (χ0) is 10.1. The standard InChI is InChI=1S/C10H23NO2/c1-4-10(11)6-5-7-13-9(2)8-12-3/h9-10H,4-8,11H2,1-3H3. The number of hydrogen-bond donors (Lipinski definition) is 1. The number of hydrogen-bond acceptors (Lipinski definition) is 3. The van der Waals surface area contributed by atoms with Crippen LogP contribution in [0.5, 0.6) is 0 Å². The van der Waals surface area contributed by atoms with Gasteiger partial charge in [0.05, 0.1) is 12.7 Å². The summed E-state index contributed by atoms with van der Waals surface area (Å²) in [5.41, 5.74) is 5.77. The van der Waals surface area contributed by atoms with Crippen molar-refractivity contribution in [3.05, 3.63) is 0 Å². The van der Waals surface area contributed by atoms with Crippen LogP contribution in [0.4, 0.5) is 0 Å². The Hall–Kier alpha value is -0.120. The lowest BCUT2D eigenvalue weighted by molar-refractivity contribution is 0.00734. The number of rotatable bonds is 8. The van der Waals surface area contributed by atoms with E-state index < -0.39 is 0 Å². The van der Waals surface area contributed by atoms with Crippen molar-refractivity contribution in [2.45, 2.75) is 45.3 Å². The van der Waals surface area contributed by atoms with Gasteiger partial charge in [-0.15, -0.1) is 0 Å². The van der Waals surface area contributed by atoms with E-state index in [1.165, 1.54) is 0 Å². The molecule has 0 fully saturated rings. The third kappa shape index (κ3) is 8.22. The lowest BCUT2D eigenvalue weighted by atomic mass is 10.1. The molecule has 0 aromatic rings. The second-order valence-electron chi connectivity index (χ2n) is 3.45. The normalized spacial score (nSPS) is 15.7. The molecule has 3 nitrogen and oxygen atoms in total. The average molecular weight is 189 g/mol. The largest absolute Gasteiger partial charge is 0.382 e. The lowest BCUT2D eigenvalue weighted by Crippen LogP contribution is -2.20. The van der Waals surface area contributed by atoms with E-state index in [0.717, 1.165) is 25.9 Å². The third-order valence-corrected chi connectivity index (χ3v) is 2.05. The van der Waals surface area contributed by atoms with Crippen LogP contribution in [0, 0.1) is 0 Å². The second-order valence-corrected chi connectivity index (χ2v) is 3.45. The van der Waals surface area contributed by atoms with Gasteiger partial charge in [0.25, 0.3) is 0 Å². The summed E-state index contributed by atoms with van der Waals surface area (Å²) in [5, 5.41) is 0. The molecule has 0 aromatic heterocycles. The average Bonchev–Trinajstić information content (AvgIpc) is 2.12. The Morgan fingerprint density at radius 3 is 2.62 bits per heavy atom. The van der Waals surface area contributed by atoms with Gasteiger partial charge >= 0.3 is 0 Å². The van der Waals surface area contributed by atoms with Gasteiger partial charge in [0.2, 0.25) is 0 Å². The quantitative estimate of drug-likeness (QED) is 0.589. The van der Waals surface area contributed by atoms with Crippen LogP contribution >= 0.6 is 0 Å². The Balaban J connectivity index is 3.15. The first-order valence-electron chi connectivity index (χ1n) is 5.06. The maximum absolute atomic E-state index is 5.77. The predicted octanol–water partition coefficient (Wildman–Crippen LogP) is 1.56. The van der Waals surface area contributed by atoms with E-state index in [2.05, 4.69) is 6.92 Å². The van der Waals surface area contributed by atoms with E-state index in [4.69, 9.17) is 15.2 Å². The molecule has 0 radical (unpaired) electrons. The van der Waals surface area contributed by atoms with Crippen molar-refractivity contribution in [2.24, 2.45) is 5.73 Å². The van der Waals surface area contributed by atoms with E-state index in [0.29, 0.717) is 12.6 Å². The highest BCUT2D eigenvalue weighted by Crippen LogP contribution is 2.00. The SMILES string of the molecule is CCC(N)CCCOC(C)COC. The maximum Gasteiger partial charge on any atom is 0.0780 e. The van der Waals surface area contributed by atoms with E-state index in [1.54, 1.807) is 7.11 Å². The van der Waals surface area contributed by atoms with Crippen molar-refractivity contribution in [3.8, 4) is 0 Å². The topological polar surface area (TPSA) is 44.5 Å². The van der Waals surface area contributed by atoms with Crippen molar-refractivity contribution in [2.75, 3.05) is 20.3 Å². The second kappa shape index (κ2) is 8.48. The van der Waals surface area contributed by atoms with Crippen LogP contribution < -0.4 is 5.73 Å². The summed E-state index contributed by atoms with van der Waals surface area (Å²) in [7, 11) is 1.69. The molecule has 2 unspecified atom stereocenters. The first-order valence-corrected chi connectivity index (χ1v) is 5.06. The molecule has 0 aliphatic heterocycles. The first-order chi connectivity index (χ1) is 6.20. The Morgan fingerprint density at radius 2 is 2.08 bits per heavy atom. The minimum absolute atomic E-state index is 0.197. The molecule has 0 saturated heterocycles. The van der Waals surface area contributed by atoms with Crippen LogP contribution in [-0.4, -0.2) is 32.5 Å². The van der Waals surface area contributed by atoms with Crippen molar-refractivity contribution < 1.29 is 9.47 Å².